The molecule has 4 nitrogen and oxygen atoms in total. The molecule has 1 atom stereocenters. The number of amides is 1. The van der Waals surface area contributed by atoms with Gasteiger partial charge in [-0.2, -0.15) is 0 Å². The number of rotatable bonds is 14. The van der Waals surface area contributed by atoms with E-state index in [1.54, 1.807) is 4.90 Å². The van der Waals surface area contributed by atoms with Gasteiger partial charge in [-0.25, -0.2) is 0 Å². The lowest BCUT2D eigenvalue weighted by Gasteiger charge is -2.21. The first-order valence-electron chi connectivity index (χ1n) is 9.18. The van der Waals surface area contributed by atoms with Gasteiger partial charge in [0.15, 0.2) is 0 Å². The summed E-state index contributed by atoms with van der Waals surface area (Å²) in [7, 11) is 0. The van der Waals surface area contributed by atoms with Crippen LogP contribution in [0.4, 0.5) is 0 Å². The molecule has 1 amide bonds. The van der Waals surface area contributed by atoms with Crippen molar-refractivity contribution in [1.29, 1.82) is 0 Å². The molecule has 0 aromatic carbocycles. The van der Waals surface area contributed by atoms with Gasteiger partial charge in [-0.1, -0.05) is 44.3 Å². The zero-order valence-electron chi connectivity index (χ0n) is 15.2. The molecule has 0 fully saturated rings. The summed E-state index contributed by atoms with van der Waals surface area (Å²) < 4.78 is 0. The predicted molar refractivity (Wildman–Crippen MR) is 95.4 cm³/mol. The maximum Gasteiger partial charge on any atom is 0.307 e. The van der Waals surface area contributed by atoms with Crippen LogP contribution in [-0.4, -0.2) is 35.0 Å². The Hall–Kier alpha value is -1.32. The van der Waals surface area contributed by atoms with E-state index in [0.29, 0.717) is 19.5 Å². The molecule has 0 spiro atoms. The minimum absolute atomic E-state index is 0.0358. The third-order valence-electron chi connectivity index (χ3n) is 4.30. The fourth-order valence-electron chi connectivity index (χ4n) is 2.76. The van der Waals surface area contributed by atoms with Gasteiger partial charge in [-0.15, -0.1) is 0 Å². The van der Waals surface area contributed by atoms with Crippen LogP contribution in [0.2, 0.25) is 0 Å². The van der Waals surface area contributed by atoms with Crippen LogP contribution in [0.15, 0.2) is 12.2 Å². The molecule has 0 rings (SSSR count). The summed E-state index contributed by atoms with van der Waals surface area (Å²) in [5.74, 6) is -1.40. The number of allylic oxidation sites excluding steroid dienone is 2. The molecule has 0 saturated heterocycles. The number of carbonyl (C=O) groups is 2. The smallest absolute Gasteiger partial charge is 0.307 e. The highest BCUT2D eigenvalue weighted by Gasteiger charge is 2.22. The largest absolute Gasteiger partial charge is 0.481 e. The maximum atomic E-state index is 12.0. The van der Waals surface area contributed by atoms with Gasteiger partial charge in [-0.05, 0) is 40.0 Å². The number of nitrogens with zero attached hydrogens (tertiary/aromatic N) is 1. The Labute approximate surface area is 141 Å². The number of carbonyl (C=O) groups excluding carboxylic acids is 1. The normalized spacial score (nSPS) is 12.5. The van der Waals surface area contributed by atoms with Crippen LogP contribution in [0.5, 0.6) is 0 Å². The van der Waals surface area contributed by atoms with Gasteiger partial charge in [-0.3, -0.25) is 9.59 Å². The summed E-state index contributed by atoms with van der Waals surface area (Å²) in [6.45, 7) is 7.19. The Morgan fingerprint density at radius 2 is 1.57 bits per heavy atom. The summed E-state index contributed by atoms with van der Waals surface area (Å²) in [5.41, 5.74) is 0. The second kappa shape index (κ2) is 14.3. The lowest BCUT2D eigenvalue weighted by molar-refractivity contribution is -0.146. The van der Waals surface area contributed by atoms with E-state index in [4.69, 9.17) is 0 Å². The Morgan fingerprint density at radius 1 is 1.00 bits per heavy atom. The quantitative estimate of drug-likeness (QED) is 0.374. The lowest BCUT2D eigenvalue weighted by Crippen LogP contribution is -2.33. The van der Waals surface area contributed by atoms with Gasteiger partial charge in [0.2, 0.25) is 5.91 Å². The average molecular weight is 325 g/mol. The molecule has 0 aliphatic rings. The molecule has 23 heavy (non-hydrogen) atoms. The van der Waals surface area contributed by atoms with Crippen molar-refractivity contribution in [2.75, 3.05) is 13.1 Å². The maximum absolute atomic E-state index is 12.0. The fraction of sp³-hybridized carbons (Fsp3) is 0.789. The molecule has 0 aliphatic heterocycles. The summed E-state index contributed by atoms with van der Waals surface area (Å²) in [6, 6.07) is 0. The van der Waals surface area contributed by atoms with Gasteiger partial charge in [0.05, 0.1) is 5.92 Å². The molecular weight excluding hydrogens is 290 g/mol. The molecule has 0 aliphatic carbocycles. The van der Waals surface area contributed by atoms with Crippen LogP contribution in [0.3, 0.4) is 0 Å². The SMILES string of the molecule is C/C=C/CCCCCCCCC(CC(=O)N(CC)CC)C(=O)O. The zero-order valence-corrected chi connectivity index (χ0v) is 15.2. The van der Waals surface area contributed by atoms with Crippen molar-refractivity contribution in [1.82, 2.24) is 4.90 Å². The highest BCUT2D eigenvalue weighted by atomic mass is 16.4. The first-order valence-corrected chi connectivity index (χ1v) is 9.18. The van der Waals surface area contributed by atoms with Crippen molar-refractivity contribution in [2.45, 2.75) is 78.6 Å². The monoisotopic (exact) mass is 325 g/mol. The molecule has 0 bridgehead atoms. The predicted octanol–water partition coefficient (Wildman–Crippen LogP) is 4.64. The van der Waals surface area contributed by atoms with Gasteiger partial charge < -0.3 is 10.0 Å². The van der Waals surface area contributed by atoms with Crippen molar-refractivity contribution in [3.05, 3.63) is 12.2 Å². The number of aliphatic carboxylic acids is 1. The van der Waals surface area contributed by atoms with Crippen molar-refractivity contribution >= 4 is 11.9 Å². The summed E-state index contributed by atoms with van der Waals surface area (Å²) in [4.78, 5) is 25.1. The minimum atomic E-state index is -0.836. The third-order valence-corrected chi connectivity index (χ3v) is 4.30. The number of unbranched alkanes of at least 4 members (excludes halogenated alkanes) is 6. The standard InChI is InChI=1S/C19H35NO3/c1-4-7-8-9-10-11-12-13-14-15-17(19(22)23)16-18(21)20(5-2)6-3/h4,7,17H,5-6,8-16H2,1-3H3,(H,22,23)/b7-4+. The van der Waals surface area contributed by atoms with E-state index in [1.165, 1.54) is 19.3 Å². The Morgan fingerprint density at radius 3 is 2.09 bits per heavy atom. The van der Waals surface area contributed by atoms with E-state index in [9.17, 15) is 14.7 Å². The minimum Gasteiger partial charge on any atom is -0.481 e. The van der Waals surface area contributed by atoms with Crippen LogP contribution < -0.4 is 0 Å². The van der Waals surface area contributed by atoms with E-state index >= 15 is 0 Å². The van der Waals surface area contributed by atoms with Crippen molar-refractivity contribution in [2.24, 2.45) is 5.92 Å². The highest BCUT2D eigenvalue weighted by molar-refractivity contribution is 5.82. The Bertz CT molecular complexity index is 349. The second-order valence-corrected chi connectivity index (χ2v) is 6.07. The van der Waals surface area contributed by atoms with Gasteiger partial charge in [0.25, 0.3) is 0 Å². The van der Waals surface area contributed by atoms with E-state index in [2.05, 4.69) is 12.2 Å². The third kappa shape index (κ3) is 10.9. The van der Waals surface area contributed by atoms with E-state index in [0.717, 1.165) is 25.7 Å². The number of carboxylic acid groups (broad SMARTS) is 1. The molecule has 1 unspecified atom stereocenters. The lowest BCUT2D eigenvalue weighted by atomic mass is 9.96. The highest BCUT2D eigenvalue weighted by Crippen LogP contribution is 2.17. The van der Waals surface area contributed by atoms with Crippen molar-refractivity contribution < 1.29 is 14.7 Å². The number of hydrogen-bond acceptors (Lipinski definition) is 2. The zero-order chi connectivity index (χ0) is 17.5. The summed E-state index contributed by atoms with van der Waals surface area (Å²) in [5, 5.41) is 9.30. The first kappa shape index (κ1) is 21.7. The van der Waals surface area contributed by atoms with Gasteiger partial charge in [0.1, 0.15) is 0 Å². The molecule has 0 saturated carbocycles. The van der Waals surface area contributed by atoms with E-state index in [-0.39, 0.29) is 12.3 Å². The number of carboxylic acids is 1. The molecule has 1 N–H and O–H groups in total. The molecule has 0 aromatic heterocycles. The molecule has 0 aromatic rings. The molecule has 0 radical (unpaired) electrons. The van der Waals surface area contributed by atoms with Crippen LogP contribution in [-0.2, 0) is 9.59 Å². The van der Waals surface area contributed by atoms with Gasteiger partial charge in [0, 0.05) is 19.5 Å². The topological polar surface area (TPSA) is 57.6 Å². The summed E-state index contributed by atoms with van der Waals surface area (Å²) in [6.07, 6.45) is 13.0. The van der Waals surface area contributed by atoms with Crippen LogP contribution >= 0.6 is 0 Å². The number of hydrogen-bond donors (Lipinski definition) is 1. The fourth-order valence-corrected chi connectivity index (χ4v) is 2.76. The molecule has 0 heterocycles. The average Bonchev–Trinajstić information content (AvgIpc) is 2.53. The van der Waals surface area contributed by atoms with Crippen molar-refractivity contribution in [3.63, 3.8) is 0 Å². The van der Waals surface area contributed by atoms with Gasteiger partial charge >= 0.3 is 5.97 Å². The Kier molecular flexibility index (Phi) is 13.5. The molecular formula is C19H35NO3. The molecule has 134 valence electrons. The van der Waals surface area contributed by atoms with Crippen molar-refractivity contribution in [3.8, 4) is 0 Å². The first-order chi connectivity index (χ1) is 11.1. The second-order valence-electron chi connectivity index (χ2n) is 6.07. The summed E-state index contributed by atoms with van der Waals surface area (Å²) >= 11 is 0. The van der Waals surface area contributed by atoms with E-state index in [1.807, 2.05) is 20.8 Å². The Balaban J connectivity index is 3.89. The molecule has 4 heteroatoms. The van der Waals surface area contributed by atoms with Crippen LogP contribution in [0.25, 0.3) is 0 Å². The van der Waals surface area contributed by atoms with Crippen LogP contribution in [0, 0.1) is 5.92 Å². The van der Waals surface area contributed by atoms with E-state index < -0.39 is 11.9 Å². The van der Waals surface area contributed by atoms with Crippen LogP contribution in [0.1, 0.15) is 78.6 Å².